The van der Waals surface area contributed by atoms with Crippen LogP contribution in [0.4, 0.5) is 0 Å². The van der Waals surface area contributed by atoms with Crippen LogP contribution in [0, 0.1) is 6.92 Å². The summed E-state index contributed by atoms with van der Waals surface area (Å²) in [5.74, 6) is -0.419. The average molecular weight is 261 g/mol. The molecule has 0 atom stereocenters. The van der Waals surface area contributed by atoms with Crippen molar-refractivity contribution in [1.82, 2.24) is 0 Å². The number of hydrogen-bond acceptors (Lipinski definition) is 3. The van der Waals surface area contributed by atoms with Crippen LogP contribution in [0.2, 0.25) is 0 Å². The first kappa shape index (κ1) is 14.1. The molecule has 0 bridgehead atoms. The molecule has 0 aliphatic carbocycles. The summed E-state index contributed by atoms with van der Waals surface area (Å²) >= 11 is 0. The van der Waals surface area contributed by atoms with Crippen LogP contribution in [-0.2, 0) is 9.31 Å². The van der Waals surface area contributed by atoms with Gasteiger partial charge in [-0.25, -0.2) is 0 Å². The topological polar surface area (TPSA) is 61.6 Å². The predicted molar refractivity (Wildman–Crippen MR) is 75.4 cm³/mol. The molecule has 1 saturated heterocycles. The summed E-state index contributed by atoms with van der Waals surface area (Å²) in [4.78, 5) is 11.2. The van der Waals surface area contributed by atoms with E-state index in [2.05, 4.69) is 0 Å². The van der Waals surface area contributed by atoms with Crippen LogP contribution in [0.15, 0.2) is 18.2 Å². The fourth-order valence-electron chi connectivity index (χ4n) is 2.09. The van der Waals surface area contributed by atoms with Crippen molar-refractivity contribution in [2.45, 2.75) is 45.8 Å². The van der Waals surface area contributed by atoms with E-state index in [1.165, 1.54) is 0 Å². The van der Waals surface area contributed by atoms with Gasteiger partial charge in [-0.1, -0.05) is 12.1 Å². The third-order valence-corrected chi connectivity index (χ3v) is 4.04. The molecule has 1 aliphatic rings. The van der Waals surface area contributed by atoms with Gasteiger partial charge >= 0.3 is 7.12 Å². The largest absolute Gasteiger partial charge is 0.494 e. The number of rotatable bonds is 2. The Hall–Kier alpha value is -1.33. The summed E-state index contributed by atoms with van der Waals surface area (Å²) in [6, 6.07) is 5.44. The molecular weight excluding hydrogens is 241 g/mol. The maximum Gasteiger partial charge on any atom is 0.494 e. The Morgan fingerprint density at radius 1 is 1.16 bits per heavy atom. The van der Waals surface area contributed by atoms with E-state index < -0.39 is 13.0 Å². The van der Waals surface area contributed by atoms with Gasteiger partial charge in [-0.2, -0.15) is 0 Å². The van der Waals surface area contributed by atoms with Gasteiger partial charge in [0.15, 0.2) is 0 Å². The highest BCUT2D eigenvalue weighted by atomic mass is 16.7. The zero-order valence-corrected chi connectivity index (χ0v) is 12.1. The molecule has 1 heterocycles. The molecule has 102 valence electrons. The molecule has 0 radical (unpaired) electrons. The first-order valence-corrected chi connectivity index (χ1v) is 6.40. The highest BCUT2D eigenvalue weighted by Crippen LogP contribution is 2.36. The Bertz CT molecular complexity index is 509. The number of carbonyl (C=O) groups excluding carboxylic acids is 1. The zero-order valence-electron chi connectivity index (χ0n) is 12.1. The van der Waals surface area contributed by atoms with Crippen molar-refractivity contribution in [2.24, 2.45) is 5.73 Å². The lowest BCUT2D eigenvalue weighted by Crippen LogP contribution is -2.41. The molecule has 2 N–H and O–H groups in total. The van der Waals surface area contributed by atoms with E-state index in [9.17, 15) is 4.79 Å². The Kier molecular flexibility index (Phi) is 3.23. The summed E-state index contributed by atoms with van der Waals surface area (Å²) < 4.78 is 11.9. The van der Waals surface area contributed by atoms with E-state index >= 15 is 0 Å². The Balaban J connectivity index is 2.31. The van der Waals surface area contributed by atoms with E-state index in [0.717, 1.165) is 11.0 Å². The molecule has 1 aliphatic heterocycles. The SMILES string of the molecule is Cc1cc(B2OC(C)(C)C(C)(C)O2)ccc1C(N)=O. The molecule has 0 spiro atoms. The van der Waals surface area contributed by atoms with Crippen molar-refractivity contribution in [3.05, 3.63) is 29.3 Å². The second-order valence-corrected chi connectivity index (χ2v) is 6.03. The van der Waals surface area contributed by atoms with Crippen molar-refractivity contribution in [1.29, 1.82) is 0 Å². The molecule has 5 heteroatoms. The normalized spacial score (nSPS) is 20.6. The molecule has 1 aromatic carbocycles. The van der Waals surface area contributed by atoms with Gasteiger partial charge in [0.05, 0.1) is 11.2 Å². The van der Waals surface area contributed by atoms with Crippen LogP contribution in [0.1, 0.15) is 43.6 Å². The van der Waals surface area contributed by atoms with Crippen molar-refractivity contribution >= 4 is 18.5 Å². The van der Waals surface area contributed by atoms with Gasteiger partial charge in [-0.3, -0.25) is 4.79 Å². The fraction of sp³-hybridized carbons (Fsp3) is 0.500. The molecule has 2 rings (SSSR count). The molecular formula is C14H20BNO3. The van der Waals surface area contributed by atoms with Gasteiger partial charge < -0.3 is 15.0 Å². The monoisotopic (exact) mass is 261 g/mol. The van der Waals surface area contributed by atoms with Crippen molar-refractivity contribution in [3.63, 3.8) is 0 Å². The molecule has 0 unspecified atom stereocenters. The summed E-state index contributed by atoms with van der Waals surface area (Å²) in [6.45, 7) is 9.90. The number of nitrogens with two attached hydrogens (primary N) is 1. The first-order chi connectivity index (χ1) is 8.64. The van der Waals surface area contributed by atoms with Gasteiger partial charge in [-0.05, 0) is 51.7 Å². The van der Waals surface area contributed by atoms with Gasteiger partial charge in [0.2, 0.25) is 5.91 Å². The number of hydrogen-bond donors (Lipinski definition) is 1. The number of benzene rings is 1. The molecule has 1 aromatic rings. The lowest BCUT2D eigenvalue weighted by atomic mass is 9.78. The minimum Gasteiger partial charge on any atom is -0.399 e. The zero-order chi connectivity index (χ0) is 14.4. The van der Waals surface area contributed by atoms with Crippen LogP contribution in [-0.4, -0.2) is 24.2 Å². The molecule has 1 amide bonds. The fourth-order valence-corrected chi connectivity index (χ4v) is 2.09. The van der Waals surface area contributed by atoms with E-state index in [1.54, 1.807) is 6.07 Å². The second-order valence-electron chi connectivity index (χ2n) is 6.03. The highest BCUT2D eigenvalue weighted by molar-refractivity contribution is 6.62. The van der Waals surface area contributed by atoms with E-state index in [4.69, 9.17) is 15.0 Å². The van der Waals surface area contributed by atoms with Crippen LogP contribution in [0.5, 0.6) is 0 Å². The van der Waals surface area contributed by atoms with E-state index in [-0.39, 0.29) is 11.2 Å². The summed E-state index contributed by atoms with van der Waals surface area (Å²) in [5.41, 5.74) is 6.83. The van der Waals surface area contributed by atoms with Crippen LogP contribution >= 0.6 is 0 Å². The van der Waals surface area contributed by atoms with Gasteiger partial charge in [0.1, 0.15) is 0 Å². The average Bonchev–Trinajstić information content (AvgIpc) is 2.47. The standard InChI is InChI=1S/C14H20BNO3/c1-9-8-10(6-7-11(9)12(16)17)15-18-13(2,3)14(4,5)19-15/h6-8H,1-5H3,(H2,16,17). The third-order valence-electron chi connectivity index (χ3n) is 4.04. The maximum absolute atomic E-state index is 11.2. The summed E-state index contributed by atoms with van der Waals surface area (Å²) in [6.07, 6.45) is 0. The smallest absolute Gasteiger partial charge is 0.399 e. The quantitative estimate of drug-likeness (QED) is 0.818. The van der Waals surface area contributed by atoms with Crippen LogP contribution in [0.3, 0.4) is 0 Å². The molecule has 0 saturated carbocycles. The minimum atomic E-state index is -0.419. The first-order valence-electron chi connectivity index (χ1n) is 6.40. The summed E-state index contributed by atoms with van der Waals surface area (Å²) in [5, 5.41) is 0. The van der Waals surface area contributed by atoms with E-state index in [1.807, 2.05) is 46.8 Å². The Morgan fingerprint density at radius 2 is 1.68 bits per heavy atom. The third kappa shape index (κ3) is 2.40. The molecule has 1 fully saturated rings. The lowest BCUT2D eigenvalue weighted by Gasteiger charge is -2.32. The number of primary amides is 1. The molecule has 0 aromatic heterocycles. The summed E-state index contributed by atoms with van der Waals surface area (Å²) in [7, 11) is -0.411. The number of carbonyl (C=O) groups is 1. The van der Waals surface area contributed by atoms with Gasteiger partial charge in [0, 0.05) is 5.56 Å². The Morgan fingerprint density at radius 3 is 2.11 bits per heavy atom. The van der Waals surface area contributed by atoms with E-state index in [0.29, 0.717) is 5.56 Å². The molecule has 19 heavy (non-hydrogen) atoms. The number of amides is 1. The van der Waals surface area contributed by atoms with Crippen molar-refractivity contribution in [2.75, 3.05) is 0 Å². The number of aryl methyl sites for hydroxylation is 1. The predicted octanol–water partition coefficient (Wildman–Crippen LogP) is 1.39. The Labute approximate surface area is 114 Å². The van der Waals surface area contributed by atoms with Crippen LogP contribution in [0.25, 0.3) is 0 Å². The van der Waals surface area contributed by atoms with Crippen molar-refractivity contribution < 1.29 is 14.1 Å². The van der Waals surface area contributed by atoms with Crippen molar-refractivity contribution in [3.8, 4) is 0 Å². The highest BCUT2D eigenvalue weighted by Gasteiger charge is 2.51. The second kappa shape index (κ2) is 4.35. The maximum atomic E-state index is 11.2. The van der Waals surface area contributed by atoms with Gasteiger partial charge in [-0.15, -0.1) is 0 Å². The molecule has 4 nitrogen and oxygen atoms in total. The van der Waals surface area contributed by atoms with Gasteiger partial charge in [0.25, 0.3) is 0 Å². The lowest BCUT2D eigenvalue weighted by molar-refractivity contribution is 0.00578. The van der Waals surface area contributed by atoms with Crippen LogP contribution < -0.4 is 11.2 Å². The minimum absolute atomic E-state index is 0.367.